The molecule has 1 N–H and O–H groups in total. The Morgan fingerprint density at radius 3 is 2.54 bits per heavy atom. The molecule has 0 saturated carbocycles. The number of anilines is 1. The van der Waals surface area contributed by atoms with Gasteiger partial charge in [-0.15, -0.1) is 0 Å². The molecule has 2 atom stereocenters. The molecule has 3 heterocycles. The number of hydrogen-bond donors (Lipinski definition) is 1. The fourth-order valence-corrected chi connectivity index (χ4v) is 4.88. The smallest absolute Gasteiger partial charge is 0.266 e. The van der Waals surface area contributed by atoms with Crippen LogP contribution in [0.15, 0.2) is 18.2 Å². The number of fused-ring (bicyclic) bond motifs is 1. The van der Waals surface area contributed by atoms with Crippen LogP contribution in [0.4, 0.5) is 19.0 Å². The molecule has 2 aliphatic rings. The number of amides is 1. The minimum atomic E-state index is -2.85. The van der Waals surface area contributed by atoms with Gasteiger partial charge in [0.1, 0.15) is 11.6 Å². The fraction of sp³-hybridized carbons (Fsp3) is 0.593. The van der Waals surface area contributed by atoms with Crippen molar-refractivity contribution in [1.29, 1.82) is 0 Å². The van der Waals surface area contributed by atoms with Gasteiger partial charge in [0.15, 0.2) is 0 Å². The van der Waals surface area contributed by atoms with Gasteiger partial charge in [-0.1, -0.05) is 52.8 Å². The highest BCUT2D eigenvalue weighted by Gasteiger charge is 2.28. The third-order valence-electron chi connectivity index (χ3n) is 6.25. The summed E-state index contributed by atoms with van der Waals surface area (Å²) in [4.78, 5) is 23.0. The van der Waals surface area contributed by atoms with Crippen LogP contribution in [-0.2, 0) is 24.4 Å². The number of carbonyl (C=O) groups excluding carboxylic acids is 1. The maximum absolute atomic E-state index is 14.1. The van der Waals surface area contributed by atoms with Crippen molar-refractivity contribution in [2.75, 3.05) is 18.9 Å². The molecule has 6 nitrogen and oxygen atoms in total. The summed E-state index contributed by atoms with van der Waals surface area (Å²) in [7, 11) is 1.94. The van der Waals surface area contributed by atoms with Gasteiger partial charge >= 0.3 is 0 Å². The van der Waals surface area contributed by atoms with E-state index in [2.05, 4.69) is 36.1 Å². The summed E-state index contributed by atoms with van der Waals surface area (Å²) in [6.07, 6.45) is 0.512. The Balaban J connectivity index is 0.000000291. The van der Waals surface area contributed by atoms with Crippen molar-refractivity contribution in [2.24, 2.45) is 11.8 Å². The summed E-state index contributed by atoms with van der Waals surface area (Å²) in [5, 5.41) is 3.08. The standard InChI is InChI=1S/C15H14ClF3N4.C10H19NO.C2H6/c1-23-6-10-11(7-23)21-15(16)22-14(10)20-5-8-3-2-4-9(12(8)17)13(18)19;1-8(2)4-10-5-9(3)6-11(10)7-12;1-2/h2-4,13H,5-7H2,1H3,(H,20,21,22);7-10H,4-6H2,1-3H3;1-2H3. The molecular weight excluding hydrogens is 503 g/mol. The number of aromatic nitrogens is 2. The Morgan fingerprint density at radius 2 is 1.92 bits per heavy atom. The molecule has 37 heavy (non-hydrogen) atoms. The number of benzene rings is 1. The van der Waals surface area contributed by atoms with Crippen molar-refractivity contribution in [3.05, 3.63) is 51.7 Å². The minimum absolute atomic E-state index is 0.0376. The van der Waals surface area contributed by atoms with Crippen LogP contribution in [0.5, 0.6) is 0 Å². The molecule has 0 radical (unpaired) electrons. The molecule has 0 aliphatic carbocycles. The molecule has 0 spiro atoms. The zero-order valence-electron chi connectivity index (χ0n) is 22.6. The summed E-state index contributed by atoms with van der Waals surface area (Å²) >= 11 is 5.90. The van der Waals surface area contributed by atoms with Crippen molar-refractivity contribution >= 4 is 23.8 Å². The van der Waals surface area contributed by atoms with Crippen LogP contribution in [-0.4, -0.2) is 45.8 Å². The van der Waals surface area contributed by atoms with Crippen LogP contribution in [0.1, 0.15) is 76.3 Å². The van der Waals surface area contributed by atoms with Gasteiger partial charge in [-0.05, 0) is 43.3 Å². The molecule has 4 rings (SSSR count). The number of nitrogens with one attached hydrogen (secondary N) is 1. The van der Waals surface area contributed by atoms with Crippen molar-refractivity contribution in [3.8, 4) is 0 Å². The van der Waals surface area contributed by atoms with Gasteiger partial charge in [-0.2, -0.15) is 0 Å². The number of carbonyl (C=O) groups is 1. The molecular formula is C27H39ClF3N5O. The lowest BCUT2D eigenvalue weighted by atomic mass is 9.99. The van der Waals surface area contributed by atoms with Crippen molar-refractivity contribution in [2.45, 2.75) is 79.6 Å². The predicted octanol–water partition coefficient (Wildman–Crippen LogP) is 6.69. The van der Waals surface area contributed by atoms with E-state index in [1.807, 2.05) is 30.7 Å². The van der Waals surface area contributed by atoms with Gasteiger partial charge in [0, 0.05) is 43.3 Å². The SMILES string of the molecule is CC.CC(C)CC1CC(C)CN1C=O.CN1Cc2nc(Cl)nc(NCc3cccc(C(F)F)c3F)c2C1. The largest absolute Gasteiger partial charge is 0.365 e. The maximum atomic E-state index is 14.1. The lowest BCUT2D eigenvalue weighted by Crippen LogP contribution is -2.29. The summed E-state index contributed by atoms with van der Waals surface area (Å²) in [5.74, 6) is 0.997. The van der Waals surface area contributed by atoms with E-state index in [0.717, 1.165) is 36.7 Å². The lowest BCUT2D eigenvalue weighted by molar-refractivity contribution is -0.119. The lowest BCUT2D eigenvalue weighted by Gasteiger charge is -2.21. The molecule has 1 amide bonds. The first-order valence-corrected chi connectivity index (χ1v) is 13.2. The molecule has 0 bridgehead atoms. The normalized spacial score (nSPS) is 18.8. The average Bonchev–Trinajstić information content (AvgIpc) is 3.39. The first-order chi connectivity index (χ1) is 17.6. The zero-order valence-corrected chi connectivity index (χ0v) is 23.3. The molecule has 206 valence electrons. The van der Waals surface area contributed by atoms with Gasteiger partial charge in [0.25, 0.3) is 6.43 Å². The number of halogens is 4. The van der Waals surface area contributed by atoms with Crippen LogP contribution >= 0.6 is 11.6 Å². The van der Waals surface area contributed by atoms with E-state index in [9.17, 15) is 18.0 Å². The Labute approximate surface area is 223 Å². The fourth-order valence-electron chi connectivity index (χ4n) is 4.70. The van der Waals surface area contributed by atoms with Gasteiger partial charge in [0.2, 0.25) is 11.7 Å². The number of nitrogens with zero attached hydrogens (tertiary/aromatic N) is 4. The van der Waals surface area contributed by atoms with Gasteiger partial charge in [-0.3, -0.25) is 9.69 Å². The molecule has 1 saturated heterocycles. The monoisotopic (exact) mass is 541 g/mol. The third-order valence-corrected chi connectivity index (χ3v) is 6.42. The molecule has 2 unspecified atom stereocenters. The second-order valence-corrected chi connectivity index (χ2v) is 10.2. The Bertz CT molecular complexity index is 1020. The van der Waals surface area contributed by atoms with E-state index in [0.29, 0.717) is 36.8 Å². The molecule has 1 fully saturated rings. The zero-order chi connectivity index (χ0) is 27.7. The van der Waals surface area contributed by atoms with Gasteiger partial charge in [0.05, 0.1) is 11.3 Å². The molecule has 2 aromatic rings. The van der Waals surface area contributed by atoms with E-state index in [1.54, 1.807) is 0 Å². The summed E-state index contributed by atoms with van der Waals surface area (Å²) in [6, 6.07) is 4.46. The number of rotatable bonds is 7. The molecule has 2 aliphatic heterocycles. The number of alkyl halides is 2. The number of hydrogen-bond acceptors (Lipinski definition) is 5. The Morgan fingerprint density at radius 1 is 1.22 bits per heavy atom. The summed E-state index contributed by atoms with van der Waals surface area (Å²) < 4.78 is 39.5. The third kappa shape index (κ3) is 8.57. The molecule has 1 aromatic heterocycles. The van der Waals surface area contributed by atoms with Gasteiger partial charge < -0.3 is 10.2 Å². The van der Waals surface area contributed by atoms with E-state index in [-0.39, 0.29) is 17.4 Å². The van der Waals surface area contributed by atoms with Crippen molar-refractivity contribution < 1.29 is 18.0 Å². The van der Waals surface area contributed by atoms with Crippen LogP contribution < -0.4 is 5.32 Å². The van der Waals surface area contributed by atoms with E-state index < -0.39 is 17.8 Å². The minimum Gasteiger partial charge on any atom is -0.365 e. The molecule has 10 heteroatoms. The average molecular weight is 542 g/mol. The van der Waals surface area contributed by atoms with Crippen molar-refractivity contribution in [3.63, 3.8) is 0 Å². The maximum Gasteiger partial charge on any atom is 0.266 e. The highest BCUT2D eigenvalue weighted by atomic mass is 35.5. The van der Waals surface area contributed by atoms with Crippen LogP contribution in [0.2, 0.25) is 5.28 Å². The first-order valence-electron chi connectivity index (χ1n) is 12.8. The highest BCUT2D eigenvalue weighted by molar-refractivity contribution is 6.28. The van der Waals surface area contributed by atoms with E-state index in [4.69, 9.17) is 11.6 Å². The van der Waals surface area contributed by atoms with E-state index in [1.165, 1.54) is 18.6 Å². The Kier molecular flexibility index (Phi) is 12.1. The highest BCUT2D eigenvalue weighted by Crippen LogP contribution is 2.29. The summed E-state index contributed by atoms with van der Waals surface area (Å²) in [6.45, 7) is 12.9. The van der Waals surface area contributed by atoms with Gasteiger partial charge in [-0.25, -0.2) is 23.1 Å². The Hall–Kier alpha value is -2.39. The topological polar surface area (TPSA) is 61.4 Å². The second kappa shape index (κ2) is 14.5. The quantitative estimate of drug-likeness (QED) is 0.312. The van der Waals surface area contributed by atoms with E-state index >= 15 is 0 Å². The van der Waals surface area contributed by atoms with Crippen LogP contribution in [0, 0.1) is 17.7 Å². The summed E-state index contributed by atoms with van der Waals surface area (Å²) in [5.41, 5.74) is 1.26. The van der Waals surface area contributed by atoms with Crippen molar-refractivity contribution in [1.82, 2.24) is 19.8 Å². The second-order valence-electron chi connectivity index (χ2n) is 9.84. The van der Waals surface area contributed by atoms with Crippen LogP contribution in [0.25, 0.3) is 0 Å². The predicted molar refractivity (Wildman–Crippen MR) is 142 cm³/mol. The number of likely N-dealkylation sites (tertiary alicyclic amines) is 1. The first kappa shape index (κ1) is 30.8. The molecule has 1 aromatic carbocycles. The van der Waals surface area contributed by atoms with Crippen LogP contribution in [0.3, 0.4) is 0 Å².